The summed E-state index contributed by atoms with van der Waals surface area (Å²) in [6.07, 6.45) is -1.16. The van der Waals surface area contributed by atoms with E-state index >= 15 is 0 Å². The first-order valence-corrected chi connectivity index (χ1v) is 8.61. The van der Waals surface area contributed by atoms with Crippen molar-refractivity contribution in [3.05, 3.63) is 0 Å². The van der Waals surface area contributed by atoms with E-state index in [1.165, 1.54) is 13.8 Å². The Bertz CT molecular complexity index is 702. The Balaban J connectivity index is 0.00000312. The number of hydrogen-bond donors (Lipinski definition) is 0. The molecule has 0 aromatic rings. The summed E-state index contributed by atoms with van der Waals surface area (Å²) in [7, 11) is -3.73. The minimum absolute atomic E-state index is 0. The fourth-order valence-electron chi connectivity index (χ4n) is 2.72. The molecule has 2 rings (SSSR count). The molecule has 0 aromatic carbocycles. The number of nitrogens with zero attached hydrogens (tertiary/aromatic N) is 1. The van der Waals surface area contributed by atoms with Crippen molar-refractivity contribution >= 4 is 33.7 Å². The maximum Gasteiger partial charge on any atom is 1.00 e. The smallest absolute Gasteiger partial charge is 0.550 e. The van der Waals surface area contributed by atoms with Gasteiger partial charge in [0.1, 0.15) is 11.4 Å². The Morgan fingerprint density at radius 1 is 1.24 bits per heavy atom. The number of aliphatic carboxylic acids is 1. The van der Waals surface area contributed by atoms with Gasteiger partial charge in [0.2, 0.25) is 12.7 Å². The molecule has 1 amide bonds. The Labute approximate surface area is 166 Å². The van der Waals surface area contributed by atoms with Crippen LogP contribution in [0.15, 0.2) is 0 Å². The van der Waals surface area contributed by atoms with E-state index in [1.807, 2.05) is 0 Å². The van der Waals surface area contributed by atoms with Crippen LogP contribution in [0.4, 0.5) is 0 Å². The van der Waals surface area contributed by atoms with Crippen LogP contribution in [0.5, 0.6) is 0 Å². The predicted molar refractivity (Wildman–Crippen MR) is 73.3 cm³/mol. The van der Waals surface area contributed by atoms with E-state index in [0.717, 1.165) is 4.90 Å². The summed E-state index contributed by atoms with van der Waals surface area (Å²) in [4.78, 5) is 46.2. The first-order chi connectivity index (χ1) is 11.0. The number of carboxylic acid groups (broad SMARTS) is 1. The van der Waals surface area contributed by atoms with Crippen molar-refractivity contribution in [2.24, 2.45) is 0 Å². The van der Waals surface area contributed by atoms with Gasteiger partial charge in [-0.1, -0.05) is 0 Å². The summed E-state index contributed by atoms with van der Waals surface area (Å²) < 4.78 is 32.4. The van der Waals surface area contributed by atoms with Crippen LogP contribution in [0.1, 0.15) is 33.1 Å². The molecule has 0 aliphatic carbocycles. The SMILES string of the molecule is CC1(C)[C@H](C(=O)OCOC(=O)CCC(=O)[O-])N2C(=O)C[C@H]2S1(=O)=O.[Na+]. The molecule has 0 aromatic heterocycles. The predicted octanol–water partition coefficient (Wildman–Crippen LogP) is -5.30. The van der Waals surface area contributed by atoms with E-state index in [1.54, 1.807) is 0 Å². The number of ether oxygens (including phenoxy) is 2. The monoisotopic (exact) mass is 385 g/mol. The minimum atomic E-state index is -3.73. The third-order valence-electron chi connectivity index (χ3n) is 4.15. The number of rotatable bonds is 6. The second-order valence-corrected chi connectivity index (χ2v) is 8.67. The number of amides is 1. The number of fused-ring (bicyclic) bond motifs is 1. The van der Waals surface area contributed by atoms with Gasteiger partial charge >= 0.3 is 41.5 Å². The molecular weight excluding hydrogens is 369 g/mol. The molecular formula is C13H16NNaO9S. The van der Waals surface area contributed by atoms with Crippen molar-refractivity contribution in [2.75, 3.05) is 6.79 Å². The average Bonchev–Trinajstić information content (AvgIpc) is 2.58. The molecule has 0 spiro atoms. The number of carbonyl (C=O) groups is 4. The normalized spacial score (nSPS) is 25.2. The molecule has 2 heterocycles. The van der Waals surface area contributed by atoms with Gasteiger partial charge in [-0.3, -0.25) is 9.59 Å². The number of esters is 2. The third kappa shape index (κ3) is 3.83. The topological polar surface area (TPSA) is 147 Å². The molecule has 25 heavy (non-hydrogen) atoms. The fraction of sp³-hybridized carbons (Fsp3) is 0.692. The van der Waals surface area contributed by atoms with Crippen LogP contribution < -0.4 is 34.7 Å². The molecule has 12 heteroatoms. The Hall–Kier alpha value is -1.17. The zero-order valence-electron chi connectivity index (χ0n) is 14.0. The van der Waals surface area contributed by atoms with Gasteiger partial charge in [0, 0.05) is 5.97 Å². The zero-order chi connectivity index (χ0) is 18.3. The maximum atomic E-state index is 12.3. The van der Waals surface area contributed by atoms with Crippen LogP contribution in [0.3, 0.4) is 0 Å². The van der Waals surface area contributed by atoms with Gasteiger partial charge in [-0.25, -0.2) is 13.2 Å². The fourth-order valence-corrected chi connectivity index (χ4v) is 4.84. The Morgan fingerprint density at radius 3 is 2.36 bits per heavy atom. The summed E-state index contributed by atoms with van der Waals surface area (Å²) in [5.74, 6) is -3.82. The summed E-state index contributed by atoms with van der Waals surface area (Å²) >= 11 is 0. The van der Waals surface area contributed by atoms with Gasteiger partial charge in [-0.2, -0.15) is 0 Å². The molecule has 2 saturated heterocycles. The first kappa shape index (κ1) is 21.9. The molecule has 2 aliphatic rings. The molecule has 0 bridgehead atoms. The molecule has 10 nitrogen and oxygen atoms in total. The van der Waals surface area contributed by atoms with Crippen LogP contribution >= 0.6 is 0 Å². The molecule has 0 unspecified atom stereocenters. The summed E-state index contributed by atoms with van der Waals surface area (Å²) in [6.45, 7) is 1.85. The molecule has 2 aliphatic heterocycles. The maximum absolute atomic E-state index is 12.3. The van der Waals surface area contributed by atoms with Crippen molar-refractivity contribution in [3.63, 3.8) is 0 Å². The van der Waals surface area contributed by atoms with E-state index in [-0.39, 0.29) is 36.0 Å². The van der Waals surface area contributed by atoms with E-state index < -0.39 is 69.4 Å². The molecule has 2 fully saturated rings. The van der Waals surface area contributed by atoms with Crippen LogP contribution in [0, 0.1) is 0 Å². The van der Waals surface area contributed by atoms with Crippen molar-refractivity contribution in [3.8, 4) is 0 Å². The average molecular weight is 385 g/mol. The molecule has 0 N–H and O–H groups in total. The molecule has 2 atom stereocenters. The molecule has 0 saturated carbocycles. The number of carboxylic acids is 1. The zero-order valence-corrected chi connectivity index (χ0v) is 16.8. The second kappa shape index (κ2) is 7.60. The number of β-lactam (4-membered cyclic amide) rings is 1. The van der Waals surface area contributed by atoms with Gasteiger partial charge in [-0.05, 0) is 20.3 Å². The van der Waals surface area contributed by atoms with Crippen LogP contribution in [0.25, 0.3) is 0 Å². The quantitative estimate of drug-likeness (QED) is 0.189. The number of hydrogen-bond acceptors (Lipinski definition) is 9. The summed E-state index contributed by atoms with van der Waals surface area (Å²) in [6, 6.07) is -1.32. The van der Waals surface area contributed by atoms with Gasteiger partial charge in [0.15, 0.2) is 9.84 Å². The van der Waals surface area contributed by atoms with E-state index in [2.05, 4.69) is 4.74 Å². The van der Waals surface area contributed by atoms with Gasteiger partial charge in [-0.15, -0.1) is 0 Å². The summed E-state index contributed by atoms with van der Waals surface area (Å²) in [5, 5.41) is 9.16. The van der Waals surface area contributed by atoms with Crippen LogP contribution in [-0.2, 0) is 38.5 Å². The van der Waals surface area contributed by atoms with Gasteiger partial charge in [0.05, 0.1) is 17.6 Å². The van der Waals surface area contributed by atoms with E-state index in [9.17, 15) is 32.7 Å². The largest absolute Gasteiger partial charge is 1.00 e. The molecule has 0 radical (unpaired) electrons. The Morgan fingerprint density at radius 2 is 1.84 bits per heavy atom. The van der Waals surface area contributed by atoms with Crippen molar-refractivity contribution in [2.45, 2.75) is 49.3 Å². The van der Waals surface area contributed by atoms with E-state index in [4.69, 9.17) is 4.74 Å². The second-order valence-electron chi connectivity index (χ2n) is 5.98. The standard InChI is InChI=1S/C13H17NO9S.Na/c1-13(2)11(14-7(15)5-8(14)24(13,20)21)12(19)23-6-22-10(18)4-3-9(16)17;/h8,11H,3-6H2,1-2H3,(H,16,17);/q;+1/p-1/t8-,11+;/m1./s1. The molecule has 134 valence electrons. The minimum Gasteiger partial charge on any atom is -0.550 e. The van der Waals surface area contributed by atoms with Crippen molar-refractivity contribution in [1.82, 2.24) is 4.90 Å². The first-order valence-electron chi connectivity index (χ1n) is 7.07. The van der Waals surface area contributed by atoms with Crippen molar-refractivity contribution in [1.29, 1.82) is 0 Å². The third-order valence-corrected chi connectivity index (χ3v) is 6.95. The number of sulfone groups is 1. The van der Waals surface area contributed by atoms with Gasteiger partial charge in [0.25, 0.3) is 0 Å². The van der Waals surface area contributed by atoms with Gasteiger partial charge < -0.3 is 24.3 Å². The van der Waals surface area contributed by atoms with Crippen molar-refractivity contribution < 1.29 is 71.7 Å². The Kier molecular flexibility index (Phi) is 6.65. The van der Waals surface area contributed by atoms with Crippen LogP contribution in [0.2, 0.25) is 0 Å². The van der Waals surface area contributed by atoms with Crippen LogP contribution in [-0.4, -0.2) is 60.1 Å². The van der Waals surface area contributed by atoms with E-state index in [0.29, 0.717) is 0 Å². The number of carbonyl (C=O) groups excluding carboxylic acids is 4. The summed E-state index contributed by atoms with van der Waals surface area (Å²) in [5.41, 5.74) is 0.